The van der Waals surface area contributed by atoms with Crippen molar-refractivity contribution in [2.75, 3.05) is 0 Å². The quantitative estimate of drug-likeness (QED) is 0.367. The summed E-state index contributed by atoms with van der Waals surface area (Å²) in [5.41, 5.74) is 5.38. The normalized spacial score (nSPS) is 14.2. The molecule has 0 saturated heterocycles. The number of halogens is 3. The van der Waals surface area contributed by atoms with Crippen molar-refractivity contribution < 1.29 is 58.9 Å². The molecule has 0 amide bonds. The fraction of sp³-hybridized carbons (Fsp3) is 0.125. The second-order valence-corrected chi connectivity index (χ2v) is 4.11. The van der Waals surface area contributed by atoms with Crippen LogP contribution >= 0.6 is 0 Å². The van der Waals surface area contributed by atoms with Gasteiger partial charge in [0, 0.05) is 0 Å². The molecule has 0 fully saturated rings. The minimum absolute atomic E-state index is 0. The largest absolute Gasteiger partial charge is 4.00 e. The molecule has 0 radical (unpaired) electrons. The molecule has 4 heteroatoms. The van der Waals surface area contributed by atoms with E-state index in [1.165, 1.54) is 22.3 Å². The Bertz CT molecular complexity index is 493. The molecule has 2 aliphatic carbocycles. The van der Waals surface area contributed by atoms with Gasteiger partial charge >= 0.3 is 21.7 Å². The first kappa shape index (κ1) is 22.1. The Hall–Kier alpha value is -0.236. The van der Waals surface area contributed by atoms with Crippen molar-refractivity contribution in [2.45, 2.75) is 12.8 Å². The number of benzene rings is 1. The van der Waals surface area contributed by atoms with Gasteiger partial charge in [-0.1, -0.05) is 36.0 Å². The van der Waals surface area contributed by atoms with Crippen molar-refractivity contribution in [3.05, 3.63) is 71.8 Å². The van der Waals surface area contributed by atoms with Crippen molar-refractivity contribution in [1.82, 2.24) is 0 Å². The summed E-state index contributed by atoms with van der Waals surface area (Å²) >= 11 is 0. The molecule has 0 saturated carbocycles. The molecule has 0 aromatic heterocycles. The Morgan fingerprint density at radius 3 is 2.00 bits per heavy atom. The summed E-state index contributed by atoms with van der Waals surface area (Å²) in [6, 6.07) is 9.65. The van der Waals surface area contributed by atoms with Crippen LogP contribution in [0.4, 0.5) is 0 Å². The first-order valence-corrected chi connectivity index (χ1v) is 5.68. The Labute approximate surface area is 154 Å². The average Bonchev–Trinajstić information content (AvgIpc) is 3.03. The van der Waals surface area contributed by atoms with E-state index in [-0.39, 0.29) is 58.9 Å². The first-order valence-electron chi connectivity index (χ1n) is 5.68. The molecule has 102 valence electrons. The predicted molar refractivity (Wildman–Crippen MR) is 68.7 cm³/mol. The second kappa shape index (κ2) is 10.5. The maximum atomic E-state index is 3.38. The van der Waals surface area contributed by atoms with Crippen LogP contribution in [0, 0.1) is 6.07 Å². The summed E-state index contributed by atoms with van der Waals surface area (Å²) in [5.74, 6) is 0. The molecule has 0 bridgehead atoms. The molecular weight excluding hydrogens is 346 g/mol. The Morgan fingerprint density at radius 2 is 1.45 bits per heavy atom. The molecule has 0 nitrogen and oxygen atoms in total. The molecule has 0 atom stereocenters. The average molecular weight is 360 g/mol. The van der Waals surface area contributed by atoms with Gasteiger partial charge in [0.1, 0.15) is 0 Å². The number of rotatable bonds is 2. The van der Waals surface area contributed by atoms with E-state index in [1.54, 1.807) is 0 Å². The molecule has 0 N–H and O–H groups in total. The van der Waals surface area contributed by atoms with Crippen LogP contribution in [-0.2, 0) is 21.7 Å². The van der Waals surface area contributed by atoms with E-state index < -0.39 is 0 Å². The summed E-state index contributed by atoms with van der Waals surface area (Å²) in [6.07, 6.45) is 15.1. The SMILES string of the molecule is [Cl-].[Cl-].[Cl-].[Ti+4].[c-]1cccc(C2=CC=CC2)c1C1=CC=CC1. The van der Waals surface area contributed by atoms with E-state index >= 15 is 0 Å². The van der Waals surface area contributed by atoms with Crippen molar-refractivity contribution in [1.29, 1.82) is 0 Å². The van der Waals surface area contributed by atoms with E-state index in [9.17, 15) is 0 Å². The van der Waals surface area contributed by atoms with Crippen LogP contribution in [0.5, 0.6) is 0 Å². The fourth-order valence-electron chi connectivity index (χ4n) is 2.25. The van der Waals surface area contributed by atoms with Crippen LogP contribution in [0.1, 0.15) is 24.0 Å². The van der Waals surface area contributed by atoms with Gasteiger partial charge in [-0.05, 0) is 12.8 Å². The molecule has 3 rings (SSSR count). The minimum atomic E-state index is 0. The van der Waals surface area contributed by atoms with E-state index in [4.69, 9.17) is 0 Å². The van der Waals surface area contributed by atoms with Crippen LogP contribution in [0.25, 0.3) is 11.1 Å². The monoisotopic (exact) mass is 358 g/mol. The van der Waals surface area contributed by atoms with Crippen LogP contribution < -0.4 is 37.2 Å². The standard InChI is InChI=1S/C16H13.3ClH.Ti/c1-2-8-13(7-1)15-11-5-6-12-16(15)14-9-3-4-10-14;;;;/h1-7,9,11H,8,10H2;3*1H;/q-1;;;;+4/p-3. The van der Waals surface area contributed by atoms with E-state index in [0.29, 0.717) is 0 Å². The van der Waals surface area contributed by atoms with Gasteiger partial charge in [0.25, 0.3) is 0 Å². The molecule has 0 unspecified atom stereocenters. The summed E-state index contributed by atoms with van der Waals surface area (Å²) < 4.78 is 0. The van der Waals surface area contributed by atoms with Crippen LogP contribution in [0.2, 0.25) is 0 Å². The van der Waals surface area contributed by atoms with Crippen molar-refractivity contribution >= 4 is 11.1 Å². The first-order chi connectivity index (χ1) is 7.95. The molecule has 0 aliphatic heterocycles. The predicted octanol–water partition coefficient (Wildman–Crippen LogP) is -4.82. The number of allylic oxidation sites excluding steroid dienone is 8. The molecule has 1 aromatic rings. The minimum Gasteiger partial charge on any atom is -1.00 e. The van der Waals surface area contributed by atoms with E-state index in [2.05, 4.69) is 54.7 Å². The van der Waals surface area contributed by atoms with Gasteiger partial charge in [-0.25, -0.2) is 0 Å². The maximum Gasteiger partial charge on any atom is 4.00 e. The van der Waals surface area contributed by atoms with Crippen LogP contribution in [0.15, 0.2) is 54.7 Å². The van der Waals surface area contributed by atoms with Gasteiger partial charge in [-0.3, -0.25) is 0 Å². The Kier molecular flexibility index (Phi) is 11.6. The zero-order valence-corrected chi connectivity index (χ0v) is 14.6. The summed E-state index contributed by atoms with van der Waals surface area (Å²) in [4.78, 5) is 0. The Morgan fingerprint density at radius 1 is 0.850 bits per heavy atom. The van der Waals surface area contributed by atoms with Gasteiger partial charge in [-0.15, -0.1) is 47.0 Å². The van der Waals surface area contributed by atoms with Gasteiger partial charge in [0.05, 0.1) is 0 Å². The van der Waals surface area contributed by atoms with E-state index in [1.807, 2.05) is 6.07 Å². The maximum absolute atomic E-state index is 3.38. The molecule has 20 heavy (non-hydrogen) atoms. The van der Waals surface area contributed by atoms with Crippen molar-refractivity contribution in [3.63, 3.8) is 0 Å². The van der Waals surface area contributed by atoms with Gasteiger partial charge in [0.15, 0.2) is 0 Å². The van der Waals surface area contributed by atoms with E-state index in [0.717, 1.165) is 12.8 Å². The second-order valence-electron chi connectivity index (χ2n) is 4.11. The van der Waals surface area contributed by atoms with Crippen molar-refractivity contribution in [2.24, 2.45) is 0 Å². The fourth-order valence-corrected chi connectivity index (χ4v) is 2.25. The summed E-state index contributed by atoms with van der Waals surface area (Å²) in [7, 11) is 0. The smallest absolute Gasteiger partial charge is 1.00 e. The third-order valence-corrected chi connectivity index (χ3v) is 3.07. The van der Waals surface area contributed by atoms with Gasteiger partial charge < -0.3 is 37.2 Å². The molecule has 2 aliphatic rings. The van der Waals surface area contributed by atoms with Crippen molar-refractivity contribution in [3.8, 4) is 0 Å². The van der Waals surface area contributed by atoms with Gasteiger partial charge in [0.2, 0.25) is 0 Å². The molecule has 0 heterocycles. The third kappa shape index (κ3) is 4.65. The zero-order chi connectivity index (χ0) is 10.8. The Balaban J connectivity index is 0. The molecular formula is C16H13Cl3Ti. The van der Waals surface area contributed by atoms with Crippen LogP contribution in [-0.4, -0.2) is 0 Å². The van der Waals surface area contributed by atoms with Gasteiger partial charge in [-0.2, -0.15) is 0 Å². The summed E-state index contributed by atoms with van der Waals surface area (Å²) in [5, 5.41) is 0. The topological polar surface area (TPSA) is 0 Å². The molecule has 1 aromatic carbocycles. The number of hydrogen-bond donors (Lipinski definition) is 0. The number of hydrogen-bond acceptors (Lipinski definition) is 0. The summed E-state index contributed by atoms with van der Waals surface area (Å²) in [6.45, 7) is 0. The third-order valence-electron chi connectivity index (χ3n) is 3.07. The van der Waals surface area contributed by atoms with Crippen LogP contribution in [0.3, 0.4) is 0 Å². The zero-order valence-electron chi connectivity index (χ0n) is 10.7. The molecule has 0 spiro atoms.